The Balaban J connectivity index is 2.37. The number of rotatable bonds is 4. The first-order chi connectivity index (χ1) is 5.83. The summed E-state index contributed by atoms with van der Waals surface area (Å²) in [6, 6.07) is 0. The number of nitrogens with one attached hydrogen (secondary N) is 1. The van der Waals surface area contributed by atoms with Crippen LogP contribution in [0.3, 0.4) is 0 Å². The first-order valence-corrected chi connectivity index (χ1v) is 4.80. The minimum Gasteiger partial charge on any atom is -0.395 e. The highest BCUT2D eigenvalue weighted by Crippen LogP contribution is 2.27. The molecule has 1 aliphatic carbocycles. The predicted molar refractivity (Wildman–Crippen MR) is 48.0 cm³/mol. The number of aliphatic hydroxyl groups excluding tert-OH is 2. The Morgan fingerprint density at radius 2 is 1.75 bits per heavy atom. The van der Waals surface area contributed by atoms with Gasteiger partial charge in [0, 0.05) is 12.1 Å². The summed E-state index contributed by atoms with van der Waals surface area (Å²) in [4.78, 5) is 0. The number of β-amino-alcohol motifs (C(OH)–C–C–N with tert-alkyl or cyclic N) is 1. The first kappa shape index (κ1) is 9.96. The third-order valence-electron chi connectivity index (χ3n) is 2.73. The van der Waals surface area contributed by atoms with Crippen molar-refractivity contribution in [2.75, 3.05) is 19.8 Å². The minimum absolute atomic E-state index is 0.0824. The molecule has 72 valence electrons. The lowest BCUT2D eigenvalue weighted by Crippen LogP contribution is -2.50. The fourth-order valence-electron chi connectivity index (χ4n) is 1.94. The van der Waals surface area contributed by atoms with Crippen LogP contribution in [0.1, 0.15) is 32.1 Å². The largest absolute Gasteiger partial charge is 0.395 e. The quantitative estimate of drug-likeness (QED) is 0.571. The van der Waals surface area contributed by atoms with Crippen LogP contribution in [0, 0.1) is 0 Å². The van der Waals surface area contributed by atoms with Crippen LogP contribution in [0.15, 0.2) is 0 Å². The van der Waals surface area contributed by atoms with Gasteiger partial charge in [-0.15, -0.1) is 0 Å². The van der Waals surface area contributed by atoms with Gasteiger partial charge in [0.05, 0.1) is 13.2 Å². The molecule has 3 N–H and O–H groups in total. The van der Waals surface area contributed by atoms with Crippen LogP contribution >= 0.6 is 0 Å². The SMILES string of the molecule is OCCNC1(CO)CCCCC1. The minimum atomic E-state index is -0.0824. The second-order valence-electron chi connectivity index (χ2n) is 3.65. The third-order valence-corrected chi connectivity index (χ3v) is 2.73. The van der Waals surface area contributed by atoms with E-state index in [-0.39, 0.29) is 18.8 Å². The van der Waals surface area contributed by atoms with E-state index in [1.165, 1.54) is 19.3 Å². The van der Waals surface area contributed by atoms with Crippen LogP contribution in [-0.4, -0.2) is 35.5 Å². The Kier molecular flexibility index (Phi) is 3.98. The molecule has 0 radical (unpaired) electrons. The van der Waals surface area contributed by atoms with Gasteiger partial charge < -0.3 is 15.5 Å². The molecular weight excluding hydrogens is 154 g/mol. The summed E-state index contributed by atoms with van der Waals surface area (Å²) in [5, 5.41) is 21.1. The molecule has 0 aromatic heterocycles. The standard InChI is InChI=1S/C9H19NO2/c11-7-6-10-9(8-12)4-2-1-3-5-9/h10-12H,1-8H2. The van der Waals surface area contributed by atoms with Gasteiger partial charge in [0.15, 0.2) is 0 Å². The van der Waals surface area contributed by atoms with Gasteiger partial charge in [0.25, 0.3) is 0 Å². The Bertz CT molecular complexity index is 122. The Morgan fingerprint density at radius 3 is 2.25 bits per heavy atom. The van der Waals surface area contributed by atoms with E-state index < -0.39 is 0 Å². The zero-order valence-corrected chi connectivity index (χ0v) is 7.55. The summed E-state index contributed by atoms with van der Waals surface area (Å²) in [6.45, 7) is 0.954. The molecule has 1 fully saturated rings. The summed E-state index contributed by atoms with van der Waals surface area (Å²) in [5.41, 5.74) is -0.0824. The molecule has 0 bridgehead atoms. The molecule has 1 rings (SSSR count). The van der Waals surface area contributed by atoms with E-state index in [1.54, 1.807) is 0 Å². The van der Waals surface area contributed by atoms with Gasteiger partial charge in [-0.2, -0.15) is 0 Å². The van der Waals surface area contributed by atoms with Gasteiger partial charge in [-0.05, 0) is 12.8 Å². The van der Waals surface area contributed by atoms with E-state index in [0.29, 0.717) is 6.54 Å². The lowest BCUT2D eigenvalue weighted by Gasteiger charge is -2.36. The monoisotopic (exact) mass is 173 g/mol. The maximum atomic E-state index is 9.22. The average molecular weight is 173 g/mol. The summed E-state index contributed by atoms with van der Waals surface area (Å²) < 4.78 is 0. The normalized spacial score (nSPS) is 22.5. The Morgan fingerprint density at radius 1 is 1.08 bits per heavy atom. The highest BCUT2D eigenvalue weighted by molar-refractivity contribution is 4.89. The van der Waals surface area contributed by atoms with Crippen molar-refractivity contribution in [3.63, 3.8) is 0 Å². The average Bonchev–Trinajstić information content (AvgIpc) is 2.16. The fourth-order valence-corrected chi connectivity index (χ4v) is 1.94. The second kappa shape index (κ2) is 4.80. The topological polar surface area (TPSA) is 52.5 Å². The molecule has 3 nitrogen and oxygen atoms in total. The summed E-state index contributed by atoms with van der Waals surface area (Å²) >= 11 is 0. The van der Waals surface area contributed by atoms with Gasteiger partial charge >= 0.3 is 0 Å². The van der Waals surface area contributed by atoms with Crippen molar-refractivity contribution in [1.29, 1.82) is 0 Å². The highest BCUT2D eigenvalue weighted by Gasteiger charge is 2.29. The first-order valence-electron chi connectivity index (χ1n) is 4.80. The molecule has 3 heteroatoms. The van der Waals surface area contributed by atoms with Crippen LogP contribution in [0.4, 0.5) is 0 Å². The molecule has 1 saturated carbocycles. The molecule has 12 heavy (non-hydrogen) atoms. The highest BCUT2D eigenvalue weighted by atomic mass is 16.3. The zero-order chi connectivity index (χ0) is 8.86. The summed E-state index contributed by atoms with van der Waals surface area (Å²) in [7, 11) is 0. The number of hydrogen-bond donors (Lipinski definition) is 3. The van der Waals surface area contributed by atoms with E-state index in [4.69, 9.17) is 5.11 Å². The molecule has 0 aromatic rings. The van der Waals surface area contributed by atoms with E-state index >= 15 is 0 Å². The Labute approximate surface area is 73.8 Å². The van der Waals surface area contributed by atoms with Crippen molar-refractivity contribution < 1.29 is 10.2 Å². The molecular formula is C9H19NO2. The molecule has 0 atom stereocenters. The third kappa shape index (κ3) is 2.44. The molecule has 0 aromatic carbocycles. The number of hydrogen-bond acceptors (Lipinski definition) is 3. The Hall–Kier alpha value is -0.120. The van der Waals surface area contributed by atoms with Crippen LogP contribution in [0.5, 0.6) is 0 Å². The van der Waals surface area contributed by atoms with Gasteiger partial charge in [0.1, 0.15) is 0 Å². The molecule has 0 aliphatic heterocycles. The lowest BCUT2D eigenvalue weighted by atomic mass is 9.82. The van der Waals surface area contributed by atoms with Crippen molar-refractivity contribution >= 4 is 0 Å². The van der Waals surface area contributed by atoms with E-state index in [9.17, 15) is 5.11 Å². The van der Waals surface area contributed by atoms with Gasteiger partial charge in [-0.25, -0.2) is 0 Å². The van der Waals surface area contributed by atoms with Crippen molar-refractivity contribution in [3.8, 4) is 0 Å². The molecule has 0 spiro atoms. The molecule has 0 unspecified atom stereocenters. The smallest absolute Gasteiger partial charge is 0.0613 e. The van der Waals surface area contributed by atoms with Crippen molar-refractivity contribution in [3.05, 3.63) is 0 Å². The lowest BCUT2D eigenvalue weighted by molar-refractivity contribution is 0.114. The summed E-state index contributed by atoms with van der Waals surface area (Å²) in [6.07, 6.45) is 5.76. The van der Waals surface area contributed by atoms with Crippen LogP contribution < -0.4 is 5.32 Å². The number of aliphatic hydroxyl groups is 2. The molecule has 1 aliphatic rings. The van der Waals surface area contributed by atoms with Crippen molar-refractivity contribution in [1.82, 2.24) is 5.32 Å². The van der Waals surface area contributed by atoms with Crippen LogP contribution in [-0.2, 0) is 0 Å². The summed E-state index contributed by atoms with van der Waals surface area (Å²) in [5.74, 6) is 0. The maximum absolute atomic E-state index is 9.22. The van der Waals surface area contributed by atoms with E-state index in [0.717, 1.165) is 12.8 Å². The van der Waals surface area contributed by atoms with Gasteiger partial charge in [-0.3, -0.25) is 0 Å². The van der Waals surface area contributed by atoms with Crippen LogP contribution in [0.25, 0.3) is 0 Å². The molecule has 0 heterocycles. The molecule has 0 amide bonds. The second-order valence-corrected chi connectivity index (χ2v) is 3.65. The van der Waals surface area contributed by atoms with E-state index in [2.05, 4.69) is 5.32 Å². The van der Waals surface area contributed by atoms with Crippen molar-refractivity contribution in [2.45, 2.75) is 37.6 Å². The fraction of sp³-hybridized carbons (Fsp3) is 1.00. The van der Waals surface area contributed by atoms with E-state index in [1.807, 2.05) is 0 Å². The molecule has 0 saturated heterocycles. The van der Waals surface area contributed by atoms with Gasteiger partial charge in [-0.1, -0.05) is 19.3 Å². The predicted octanol–water partition coefficient (Wildman–Crippen LogP) is 0.263. The van der Waals surface area contributed by atoms with Crippen molar-refractivity contribution in [2.24, 2.45) is 0 Å². The van der Waals surface area contributed by atoms with Crippen LogP contribution in [0.2, 0.25) is 0 Å². The zero-order valence-electron chi connectivity index (χ0n) is 7.55. The van der Waals surface area contributed by atoms with Gasteiger partial charge in [0.2, 0.25) is 0 Å². The maximum Gasteiger partial charge on any atom is 0.0613 e.